The molecule has 12 heteroatoms. The quantitative estimate of drug-likeness (QED) is 0.144. The summed E-state index contributed by atoms with van der Waals surface area (Å²) in [5.74, 6) is -1.57. The topological polar surface area (TPSA) is 163 Å². The van der Waals surface area contributed by atoms with Crippen molar-refractivity contribution in [2.45, 2.75) is 104 Å². The normalized spacial score (nSPS) is 14.2. The maximum atomic E-state index is 14.0. The predicted molar refractivity (Wildman–Crippen MR) is 190 cm³/mol. The molecule has 5 atom stereocenters. The van der Waals surface area contributed by atoms with Crippen molar-refractivity contribution in [3.63, 3.8) is 0 Å². The monoisotopic (exact) mass is 680 g/mol. The number of hydrogen-bond donors (Lipinski definition) is 5. The summed E-state index contributed by atoms with van der Waals surface area (Å²) < 4.78 is 0. The number of carbonyl (C=O) groups excluding carboxylic acids is 5. The van der Waals surface area contributed by atoms with Gasteiger partial charge in [0.25, 0.3) is 5.91 Å². The fourth-order valence-electron chi connectivity index (χ4n) is 5.53. The molecule has 6 N–H and O–H groups in total. The molecule has 0 bridgehead atoms. The summed E-state index contributed by atoms with van der Waals surface area (Å²) >= 11 is 0. The summed E-state index contributed by atoms with van der Waals surface area (Å²) in [5, 5.41) is 14.9. The number of H-pyrrole nitrogens is 1. The van der Waals surface area contributed by atoms with Gasteiger partial charge in [-0.15, -0.1) is 0 Å². The molecule has 0 saturated carbocycles. The minimum atomic E-state index is -0.816. The number of pyridine rings is 1. The van der Waals surface area contributed by atoms with Gasteiger partial charge in [0.05, 0.1) is 11.6 Å². The Balaban J connectivity index is 2.22. The van der Waals surface area contributed by atoms with Crippen LogP contribution in [0.1, 0.15) is 83.7 Å². The highest BCUT2D eigenvalue weighted by atomic mass is 16.2. The molecule has 12 nitrogen and oxygen atoms in total. The molecule has 0 fully saturated rings. The number of nitrogens with zero attached hydrogens (tertiary/aromatic N) is 1. The summed E-state index contributed by atoms with van der Waals surface area (Å²) in [6.45, 7) is 13.9. The maximum absolute atomic E-state index is 14.0. The fourth-order valence-corrected chi connectivity index (χ4v) is 5.53. The van der Waals surface area contributed by atoms with Crippen LogP contribution in [0.15, 0.2) is 54.9 Å². The van der Waals surface area contributed by atoms with Crippen molar-refractivity contribution in [1.82, 2.24) is 31.5 Å². The summed E-state index contributed by atoms with van der Waals surface area (Å²) in [7, 11) is 1.61. The standard InChI is InChI=1S/C37H57N7O5/c1-9-14-31(44(8)37(49)30(21-24(3)4)42-34(46)28-17-19-38-20-18-28)35(47)41-29(22-27-15-12-11-13-16-27)23-40-26(7)33(45)43-32(25(5)6)36(48)39-10-2/h11-13,15-20,24-26,29-32,40H,9-10,14,21-23H2,1-8H3,(H,39,48)(H,41,47)(H,42,46)(H,43,45)/p+1/t26-,29?,30?,31-,32?/m0/s1. The zero-order valence-electron chi connectivity index (χ0n) is 30.5. The van der Waals surface area contributed by atoms with Crippen LogP contribution in [-0.4, -0.2) is 84.8 Å². The number of carbonyl (C=O) groups is 5. The highest BCUT2D eigenvalue weighted by Crippen LogP contribution is 2.14. The van der Waals surface area contributed by atoms with Crippen LogP contribution in [0.3, 0.4) is 0 Å². The molecule has 1 aromatic heterocycles. The van der Waals surface area contributed by atoms with Crippen molar-refractivity contribution in [1.29, 1.82) is 0 Å². The third-order valence-corrected chi connectivity index (χ3v) is 8.30. The fraction of sp³-hybridized carbons (Fsp3) is 0.568. The van der Waals surface area contributed by atoms with E-state index in [4.69, 9.17) is 0 Å². The van der Waals surface area contributed by atoms with E-state index in [1.54, 1.807) is 38.5 Å². The van der Waals surface area contributed by atoms with E-state index in [2.05, 4.69) is 31.6 Å². The first-order valence-electron chi connectivity index (χ1n) is 17.5. The second kappa shape index (κ2) is 20.9. The van der Waals surface area contributed by atoms with Gasteiger partial charge in [0.1, 0.15) is 18.1 Å². The summed E-state index contributed by atoms with van der Waals surface area (Å²) in [6, 6.07) is 9.65. The number of hydrogen-bond acceptors (Lipinski definition) is 6. The van der Waals surface area contributed by atoms with E-state index in [1.807, 2.05) is 71.9 Å². The molecule has 5 amide bonds. The van der Waals surface area contributed by atoms with Crippen LogP contribution in [0, 0.1) is 11.8 Å². The van der Waals surface area contributed by atoms with Crippen LogP contribution >= 0.6 is 0 Å². The molecule has 1 aromatic carbocycles. The van der Waals surface area contributed by atoms with Crippen molar-refractivity contribution in [2.75, 3.05) is 20.1 Å². The Morgan fingerprint density at radius 2 is 1.47 bits per heavy atom. The molecule has 0 spiro atoms. The van der Waals surface area contributed by atoms with E-state index in [9.17, 15) is 24.0 Å². The molecular formula is C37H58N7O5+. The lowest BCUT2D eigenvalue weighted by atomic mass is 10.00. The summed E-state index contributed by atoms with van der Waals surface area (Å²) in [6.07, 6.45) is 5.25. The number of amides is 5. The van der Waals surface area contributed by atoms with Crippen LogP contribution in [0.4, 0.5) is 0 Å². The Kier molecular flexibility index (Phi) is 17.4. The molecule has 270 valence electrons. The Morgan fingerprint density at radius 1 is 0.816 bits per heavy atom. The lowest BCUT2D eigenvalue weighted by molar-refractivity contribution is -0.378. The SMILES string of the molecule is CCC[C@@H](C(=O)NC(CN[C@@H](C)C(=O)NC(C(=O)NCC)C(C)C)Cc1ccccc1)N(C)C(=O)C(CC(C)C)NC(=O)c1cc[nH+]cc1. The molecule has 1 heterocycles. The number of likely N-dealkylation sites (N-methyl/N-ethyl adjacent to an activating group) is 2. The minimum absolute atomic E-state index is 0.103. The van der Waals surface area contributed by atoms with Crippen LogP contribution in [0.5, 0.6) is 0 Å². The van der Waals surface area contributed by atoms with E-state index >= 15 is 0 Å². The maximum Gasteiger partial charge on any atom is 0.252 e. The van der Waals surface area contributed by atoms with E-state index in [0.29, 0.717) is 37.8 Å². The zero-order chi connectivity index (χ0) is 36.5. The third-order valence-electron chi connectivity index (χ3n) is 8.30. The molecule has 2 aromatic rings. The molecule has 0 saturated heterocycles. The van der Waals surface area contributed by atoms with Crippen LogP contribution in [-0.2, 0) is 25.6 Å². The van der Waals surface area contributed by atoms with Crippen molar-refractivity contribution < 1.29 is 29.0 Å². The summed E-state index contributed by atoms with van der Waals surface area (Å²) in [4.78, 5) is 70.8. The van der Waals surface area contributed by atoms with E-state index in [0.717, 1.165) is 5.56 Å². The Hall–Kier alpha value is -4.32. The second-order valence-electron chi connectivity index (χ2n) is 13.3. The van der Waals surface area contributed by atoms with Crippen molar-refractivity contribution in [2.24, 2.45) is 11.8 Å². The van der Waals surface area contributed by atoms with Gasteiger partial charge in [0.15, 0.2) is 12.4 Å². The molecule has 3 unspecified atom stereocenters. The number of benzene rings is 1. The molecule has 49 heavy (non-hydrogen) atoms. The smallest absolute Gasteiger partial charge is 0.252 e. The lowest BCUT2D eigenvalue weighted by Gasteiger charge is -2.33. The van der Waals surface area contributed by atoms with E-state index in [-0.39, 0.29) is 47.9 Å². The average molecular weight is 681 g/mol. The van der Waals surface area contributed by atoms with Gasteiger partial charge < -0.3 is 31.5 Å². The van der Waals surface area contributed by atoms with Crippen molar-refractivity contribution in [3.8, 4) is 0 Å². The number of aromatic amines is 1. The molecule has 2 rings (SSSR count). The molecule has 0 aliphatic heterocycles. The van der Waals surface area contributed by atoms with Gasteiger partial charge in [-0.2, -0.15) is 0 Å². The second-order valence-corrected chi connectivity index (χ2v) is 13.3. The van der Waals surface area contributed by atoms with Gasteiger partial charge in [0.2, 0.25) is 23.6 Å². The van der Waals surface area contributed by atoms with Gasteiger partial charge in [-0.3, -0.25) is 24.0 Å². The van der Waals surface area contributed by atoms with Gasteiger partial charge in [0, 0.05) is 38.3 Å². The van der Waals surface area contributed by atoms with Crippen LogP contribution in [0.25, 0.3) is 0 Å². The molecule has 0 aliphatic carbocycles. The largest absolute Gasteiger partial charge is 0.355 e. The first-order chi connectivity index (χ1) is 23.3. The highest BCUT2D eigenvalue weighted by Gasteiger charge is 2.33. The first-order valence-corrected chi connectivity index (χ1v) is 17.5. The highest BCUT2D eigenvalue weighted by molar-refractivity contribution is 5.98. The van der Waals surface area contributed by atoms with E-state index in [1.165, 1.54) is 4.90 Å². The Morgan fingerprint density at radius 3 is 2.04 bits per heavy atom. The number of aromatic nitrogens is 1. The summed E-state index contributed by atoms with van der Waals surface area (Å²) in [5.41, 5.74) is 1.42. The Bertz CT molecular complexity index is 1340. The minimum Gasteiger partial charge on any atom is -0.355 e. The molecular weight excluding hydrogens is 622 g/mol. The molecule has 0 radical (unpaired) electrons. The van der Waals surface area contributed by atoms with Crippen molar-refractivity contribution in [3.05, 3.63) is 66.0 Å². The number of rotatable bonds is 20. The number of nitrogens with one attached hydrogen (secondary N) is 6. The Labute approximate surface area is 292 Å². The lowest BCUT2D eigenvalue weighted by Crippen LogP contribution is -2.58. The van der Waals surface area contributed by atoms with Gasteiger partial charge >= 0.3 is 0 Å². The predicted octanol–water partition coefficient (Wildman–Crippen LogP) is 2.25. The van der Waals surface area contributed by atoms with Gasteiger partial charge in [-0.1, -0.05) is 71.4 Å². The van der Waals surface area contributed by atoms with E-state index < -0.39 is 30.2 Å². The first kappa shape index (κ1) is 40.9. The van der Waals surface area contributed by atoms with Crippen LogP contribution < -0.4 is 31.6 Å². The van der Waals surface area contributed by atoms with Crippen LogP contribution in [0.2, 0.25) is 0 Å². The zero-order valence-corrected chi connectivity index (χ0v) is 30.5. The molecule has 0 aliphatic rings. The third kappa shape index (κ3) is 13.6. The van der Waals surface area contributed by atoms with Gasteiger partial charge in [-0.05, 0) is 50.5 Å². The van der Waals surface area contributed by atoms with Crippen molar-refractivity contribution >= 4 is 29.5 Å². The van der Waals surface area contributed by atoms with Gasteiger partial charge in [-0.25, -0.2) is 4.98 Å². The average Bonchev–Trinajstić information content (AvgIpc) is 3.07.